The summed E-state index contributed by atoms with van der Waals surface area (Å²) in [4.78, 5) is 11.8. The number of halogens is 1. The zero-order valence-electron chi connectivity index (χ0n) is 8.91. The van der Waals surface area contributed by atoms with Gasteiger partial charge in [0.15, 0.2) is 0 Å². The van der Waals surface area contributed by atoms with Gasteiger partial charge >= 0.3 is 0 Å². The molecule has 1 amide bonds. The van der Waals surface area contributed by atoms with Crippen LogP contribution in [0, 0.1) is 0 Å². The van der Waals surface area contributed by atoms with Crippen molar-refractivity contribution in [2.45, 2.75) is 18.1 Å². The predicted octanol–water partition coefficient (Wildman–Crippen LogP) is 3.07. The molecule has 1 atom stereocenters. The zero-order valence-corrected chi connectivity index (χ0v) is 11.3. The molecular weight excluding hydrogens is 286 g/mol. The smallest absolute Gasteiger partial charge is 0.251 e. The Bertz CT molecular complexity index is 377. The van der Waals surface area contributed by atoms with Crippen molar-refractivity contribution >= 4 is 33.6 Å². The molecule has 4 heteroatoms. The molecule has 0 bridgehead atoms. The van der Waals surface area contributed by atoms with Crippen LogP contribution in [-0.2, 0) is 0 Å². The number of carbonyl (C=O) groups excluding carboxylic acids is 1. The molecule has 0 saturated carbocycles. The standard InChI is InChI=1S/C12H14BrNOS/c13-10-4-1-3-9(7-10)12(15)14-8-11-5-2-6-16-11/h1,3-4,7,11H,2,5-6,8H2,(H,14,15). The molecule has 0 spiro atoms. The number of carbonyl (C=O) groups is 1. The minimum atomic E-state index is 0.0220. The zero-order chi connectivity index (χ0) is 11.4. The van der Waals surface area contributed by atoms with Crippen LogP contribution in [0.3, 0.4) is 0 Å². The average molecular weight is 300 g/mol. The average Bonchev–Trinajstić information content (AvgIpc) is 2.78. The number of hydrogen-bond acceptors (Lipinski definition) is 2. The Morgan fingerprint density at radius 2 is 2.44 bits per heavy atom. The highest BCUT2D eigenvalue weighted by molar-refractivity contribution is 9.10. The molecule has 1 aliphatic rings. The molecule has 1 aliphatic heterocycles. The molecule has 1 unspecified atom stereocenters. The Labute approximate surface area is 108 Å². The number of nitrogens with one attached hydrogen (secondary N) is 1. The molecule has 1 aromatic carbocycles. The fourth-order valence-corrected chi connectivity index (χ4v) is 3.34. The van der Waals surface area contributed by atoms with E-state index in [1.165, 1.54) is 18.6 Å². The van der Waals surface area contributed by atoms with Gasteiger partial charge in [-0.2, -0.15) is 11.8 Å². The van der Waals surface area contributed by atoms with E-state index in [0.29, 0.717) is 5.25 Å². The maximum atomic E-state index is 11.8. The Morgan fingerprint density at radius 3 is 3.12 bits per heavy atom. The van der Waals surface area contributed by atoms with E-state index >= 15 is 0 Å². The lowest BCUT2D eigenvalue weighted by Gasteiger charge is -2.10. The lowest BCUT2D eigenvalue weighted by atomic mass is 10.2. The van der Waals surface area contributed by atoms with Gasteiger partial charge in [-0.15, -0.1) is 0 Å². The molecule has 16 heavy (non-hydrogen) atoms. The van der Waals surface area contributed by atoms with Crippen LogP contribution in [0.15, 0.2) is 28.7 Å². The monoisotopic (exact) mass is 299 g/mol. The van der Waals surface area contributed by atoms with E-state index < -0.39 is 0 Å². The molecular formula is C12H14BrNOS. The minimum Gasteiger partial charge on any atom is -0.351 e. The first-order valence-corrected chi connectivity index (χ1v) is 7.25. The topological polar surface area (TPSA) is 29.1 Å². The second-order valence-corrected chi connectivity index (χ2v) is 6.18. The minimum absolute atomic E-state index is 0.0220. The summed E-state index contributed by atoms with van der Waals surface area (Å²) in [5.41, 5.74) is 0.720. The van der Waals surface area contributed by atoms with Crippen molar-refractivity contribution in [2.75, 3.05) is 12.3 Å². The van der Waals surface area contributed by atoms with E-state index in [9.17, 15) is 4.79 Å². The molecule has 86 valence electrons. The van der Waals surface area contributed by atoms with Crippen molar-refractivity contribution < 1.29 is 4.79 Å². The van der Waals surface area contributed by atoms with Crippen molar-refractivity contribution in [1.29, 1.82) is 0 Å². The van der Waals surface area contributed by atoms with Gasteiger partial charge in [0, 0.05) is 21.8 Å². The Hall–Kier alpha value is -0.480. The van der Waals surface area contributed by atoms with Gasteiger partial charge in [0.25, 0.3) is 5.91 Å². The lowest BCUT2D eigenvalue weighted by molar-refractivity contribution is 0.0953. The molecule has 0 aromatic heterocycles. The third-order valence-electron chi connectivity index (χ3n) is 2.60. The number of benzene rings is 1. The third kappa shape index (κ3) is 3.25. The van der Waals surface area contributed by atoms with Crippen LogP contribution >= 0.6 is 27.7 Å². The van der Waals surface area contributed by atoms with Crippen LogP contribution in [0.25, 0.3) is 0 Å². The van der Waals surface area contributed by atoms with Crippen LogP contribution < -0.4 is 5.32 Å². The van der Waals surface area contributed by atoms with Crippen molar-refractivity contribution in [3.8, 4) is 0 Å². The molecule has 0 aliphatic carbocycles. The van der Waals surface area contributed by atoms with Gasteiger partial charge in [0.1, 0.15) is 0 Å². The second kappa shape index (κ2) is 5.73. The lowest BCUT2D eigenvalue weighted by Crippen LogP contribution is -2.29. The number of amides is 1. The van der Waals surface area contributed by atoms with Crippen LogP contribution in [-0.4, -0.2) is 23.5 Å². The number of rotatable bonds is 3. The highest BCUT2D eigenvalue weighted by atomic mass is 79.9. The van der Waals surface area contributed by atoms with Gasteiger partial charge in [0.05, 0.1) is 0 Å². The van der Waals surface area contributed by atoms with E-state index in [1.807, 2.05) is 36.0 Å². The van der Waals surface area contributed by atoms with Crippen molar-refractivity contribution in [3.05, 3.63) is 34.3 Å². The van der Waals surface area contributed by atoms with Gasteiger partial charge < -0.3 is 5.32 Å². The highest BCUT2D eigenvalue weighted by Gasteiger charge is 2.16. The summed E-state index contributed by atoms with van der Waals surface area (Å²) in [5, 5.41) is 3.60. The first kappa shape index (κ1) is 12.0. The van der Waals surface area contributed by atoms with Crippen LogP contribution in [0.1, 0.15) is 23.2 Å². The maximum Gasteiger partial charge on any atom is 0.251 e. The largest absolute Gasteiger partial charge is 0.351 e. The molecule has 0 radical (unpaired) electrons. The van der Waals surface area contributed by atoms with E-state index in [1.54, 1.807) is 0 Å². The van der Waals surface area contributed by atoms with Gasteiger partial charge in [-0.25, -0.2) is 0 Å². The summed E-state index contributed by atoms with van der Waals surface area (Å²) in [5.74, 6) is 1.26. The molecule has 2 nitrogen and oxygen atoms in total. The second-order valence-electron chi connectivity index (χ2n) is 3.86. The molecule has 1 heterocycles. The van der Waals surface area contributed by atoms with Crippen LogP contribution in [0.4, 0.5) is 0 Å². The number of hydrogen-bond donors (Lipinski definition) is 1. The van der Waals surface area contributed by atoms with Crippen LogP contribution in [0.5, 0.6) is 0 Å². The SMILES string of the molecule is O=C(NCC1CCCS1)c1cccc(Br)c1. The van der Waals surface area contributed by atoms with Crippen molar-refractivity contribution in [3.63, 3.8) is 0 Å². The molecule has 1 N–H and O–H groups in total. The molecule has 2 rings (SSSR count). The third-order valence-corrected chi connectivity index (χ3v) is 4.49. The first-order chi connectivity index (χ1) is 7.75. The van der Waals surface area contributed by atoms with Crippen molar-refractivity contribution in [2.24, 2.45) is 0 Å². The highest BCUT2D eigenvalue weighted by Crippen LogP contribution is 2.25. The van der Waals surface area contributed by atoms with Gasteiger partial charge in [-0.3, -0.25) is 4.79 Å². The van der Waals surface area contributed by atoms with E-state index in [0.717, 1.165) is 16.6 Å². The Kier molecular flexibility index (Phi) is 4.29. The van der Waals surface area contributed by atoms with E-state index in [4.69, 9.17) is 0 Å². The Balaban J connectivity index is 1.87. The summed E-state index contributed by atoms with van der Waals surface area (Å²) in [7, 11) is 0. The van der Waals surface area contributed by atoms with E-state index in [-0.39, 0.29) is 5.91 Å². The predicted molar refractivity (Wildman–Crippen MR) is 72.0 cm³/mol. The summed E-state index contributed by atoms with van der Waals surface area (Å²) < 4.78 is 0.940. The molecule has 1 saturated heterocycles. The van der Waals surface area contributed by atoms with Crippen molar-refractivity contribution in [1.82, 2.24) is 5.32 Å². The first-order valence-electron chi connectivity index (χ1n) is 5.41. The summed E-state index contributed by atoms with van der Waals surface area (Å²) in [6.07, 6.45) is 2.51. The normalized spacial score (nSPS) is 19.7. The maximum absolute atomic E-state index is 11.8. The summed E-state index contributed by atoms with van der Waals surface area (Å²) in [6.45, 7) is 0.788. The molecule has 1 fully saturated rings. The van der Waals surface area contributed by atoms with E-state index in [2.05, 4.69) is 21.2 Å². The van der Waals surface area contributed by atoms with Gasteiger partial charge in [0.2, 0.25) is 0 Å². The molecule has 1 aromatic rings. The summed E-state index contributed by atoms with van der Waals surface area (Å²) in [6, 6.07) is 7.48. The number of thioether (sulfide) groups is 1. The quantitative estimate of drug-likeness (QED) is 0.929. The van der Waals surface area contributed by atoms with Crippen LogP contribution in [0.2, 0.25) is 0 Å². The van der Waals surface area contributed by atoms with Gasteiger partial charge in [-0.05, 0) is 36.8 Å². The summed E-state index contributed by atoms with van der Waals surface area (Å²) >= 11 is 5.32. The Morgan fingerprint density at radius 1 is 1.56 bits per heavy atom. The van der Waals surface area contributed by atoms with Gasteiger partial charge in [-0.1, -0.05) is 22.0 Å². The fraction of sp³-hybridized carbons (Fsp3) is 0.417. The fourth-order valence-electron chi connectivity index (χ4n) is 1.74.